The zero-order chi connectivity index (χ0) is 21.3. The molecule has 1 heterocycles. The Hall–Kier alpha value is -3.02. The van der Waals surface area contributed by atoms with Gasteiger partial charge in [-0.1, -0.05) is 28.1 Å². The molecular formula is C22H19BrN3O3-. The number of Topliss-reactive ketones (excluding diaryl/α,β-unsaturated/α-hetero) is 1. The van der Waals surface area contributed by atoms with Crippen LogP contribution in [0.25, 0.3) is 5.41 Å². The van der Waals surface area contributed by atoms with Crippen molar-refractivity contribution < 1.29 is 14.4 Å². The van der Waals surface area contributed by atoms with Gasteiger partial charge in [0.15, 0.2) is 0 Å². The summed E-state index contributed by atoms with van der Waals surface area (Å²) in [6.07, 6.45) is -0.272. The Labute approximate surface area is 177 Å². The average molecular weight is 453 g/mol. The lowest BCUT2D eigenvalue weighted by Gasteiger charge is -2.32. The second-order valence-electron chi connectivity index (χ2n) is 7.25. The minimum absolute atomic E-state index is 0.272. The minimum Gasteiger partial charge on any atom is -0.763 e. The Bertz CT molecular complexity index is 1070. The number of benzene rings is 2. The number of hydrogen-bond donors (Lipinski definition) is 1. The number of ketones is 1. The minimum atomic E-state index is -1.49. The largest absolute Gasteiger partial charge is 0.763 e. The van der Waals surface area contributed by atoms with E-state index in [9.17, 15) is 19.8 Å². The van der Waals surface area contributed by atoms with Crippen LogP contribution in [0.3, 0.4) is 0 Å². The summed E-state index contributed by atoms with van der Waals surface area (Å²) in [5.41, 5.74) is 1.01. The van der Waals surface area contributed by atoms with E-state index in [1.165, 1.54) is 11.8 Å². The first-order valence-corrected chi connectivity index (χ1v) is 9.76. The quantitative estimate of drug-likeness (QED) is 0.432. The first kappa shape index (κ1) is 20.7. The second kappa shape index (κ2) is 7.78. The molecule has 1 unspecified atom stereocenters. The topological polar surface area (TPSA) is 88.8 Å². The molecule has 1 atom stereocenters. The Kier molecular flexibility index (Phi) is 5.55. The van der Waals surface area contributed by atoms with Crippen LogP contribution in [0.4, 0.5) is 11.4 Å². The molecular weight excluding hydrogens is 434 g/mol. The summed E-state index contributed by atoms with van der Waals surface area (Å²) >= 11 is 3.33. The number of carbonyl (C=O) groups is 3. The number of anilines is 2. The Balaban J connectivity index is 1.96. The van der Waals surface area contributed by atoms with Crippen LogP contribution in [-0.2, 0) is 14.4 Å². The fraction of sp³-hybridized carbons (Fsp3) is 0.227. The molecule has 2 amide bonds. The van der Waals surface area contributed by atoms with Gasteiger partial charge in [-0.2, -0.15) is 0 Å². The molecule has 1 N–H and O–H groups in total. The van der Waals surface area contributed by atoms with Crippen molar-refractivity contribution >= 4 is 50.8 Å². The molecule has 1 aliphatic rings. The molecule has 3 rings (SSSR count). The summed E-state index contributed by atoms with van der Waals surface area (Å²) in [6, 6.07) is 12.5. The van der Waals surface area contributed by atoms with Gasteiger partial charge in [0, 0.05) is 15.8 Å². The smallest absolute Gasteiger partial charge is 0.268 e. The number of nitrogens with one attached hydrogen (secondary N) is 1. The van der Waals surface area contributed by atoms with Crippen molar-refractivity contribution in [2.75, 3.05) is 10.2 Å². The van der Waals surface area contributed by atoms with Gasteiger partial charge in [0.2, 0.25) is 11.7 Å². The van der Waals surface area contributed by atoms with Gasteiger partial charge in [0.1, 0.15) is 11.1 Å². The fourth-order valence-corrected chi connectivity index (χ4v) is 3.70. The van der Waals surface area contributed by atoms with Crippen LogP contribution in [0.15, 0.2) is 52.5 Å². The highest BCUT2D eigenvalue weighted by Crippen LogP contribution is 2.37. The molecule has 2 aromatic carbocycles. The highest BCUT2D eigenvalue weighted by molar-refractivity contribution is 9.10. The summed E-state index contributed by atoms with van der Waals surface area (Å²) in [6.45, 7) is 5.30. The number of amides is 2. The fourth-order valence-electron chi connectivity index (χ4n) is 3.43. The molecule has 0 bridgehead atoms. The van der Waals surface area contributed by atoms with Gasteiger partial charge in [0.05, 0.1) is 6.42 Å². The molecule has 1 aliphatic heterocycles. The summed E-state index contributed by atoms with van der Waals surface area (Å²) < 4.78 is 0.804. The zero-order valence-electron chi connectivity index (χ0n) is 16.2. The highest BCUT2D eigenvalue weighted by Gasteiger charge is 2.53. The van der Waals surface area contributed by atoms with Gasteiger partial charge >= 0.3 is 0 Å². The number of rotatable bonds is 4. The lowest BCUT2D eigenvalue weighted by molar-refractivity contribution is -0.124. The summed E-state index contributed by atoms with van der Waals surface area (Å²) in [5, 5.41) is 12.1. The number of halogens is 1. The molecule has 0 spiro atoms. The van der Waals surface area contributed by atoms with E-state index in [2.05, 4.69) is 21.2 Å². The molecule has 0 aliphatic carbocycles. The predicted octanol–water partition coefficient (Wildman–Crippen LogP) is 3.93. The number of nitrogens with zero attached hydrogens (tertiary/aromatic N) is 2. The third-order valence-electron chi connectivity index (χ3n) is 5.00. The highest BCUT2D eigenvalue weighted by atomic mass is 79.9. The van der Waals surface area contributed by atoms with E-state index in [1.807, 2.05) is 32.0 Å². The van der Waals surface area contributed by atoms with Crippen LogP contribution >= 0.6 is 15.9 Å². The van der Waals surface area contributed by atoms with Crippen molar-refractivity contribution in [3.63, 3.8) is 0 Å². The molecule has 1 saturated heterocycles. The van der Waals surface area contributed by atoms with Gasteiger partial charge in [-0.15, -0.1) is 0 Å². The average Bonchev–Trinajstić information content (AvgIpc) is 2.84. The van der Waals surface area contributed by atoms with Crippen LogP contribution in [-0.4, -0.2) is 29.0 Å². The third kappa shape index (κ3) is 3.79. The van der Waals surface area contributed by atoms with E-state index in [4.69, 9.17) is 0 Å². The number of carbonyl (C=O) groups excluding carboxylic acids is 3. The number of hydrogen-bond acceptors (Lipinski definition) is 3. The van der Waals surface area contributed by atoms with E-state index >= 15 is 0 Å². The van der Waals surface area contributed by atoms with Crippen molar-refractivity contribution in [1.82, 2.24) is 0 Å². The van der Waals surface area contributed by atoms with Gasteiger partial charge in [-0.3, -0.25) is 25.2 Å². The molecule has 1 fully saturated rings. The zero-order valence-corrected chi connectivity index (χ0v) is 17.8. The predicted molar refractivity (Wildman–Crippen MR) is 116 cm³/mol. The van der Waals surface area contributed by atoms with Crippen molar-refractivity contribution in [2.24, 2.45) is 0 Å². The van der Waals surface area contributed by atoms with Crippen LogP contribution in [0, 0.1) is 13.8 Å². The molecule has 2 aromatic rings. The second-order valence-corrected chi connectivity index (χ2v) is 8.17. The maximum atomic E-state index is 12.9. The van der Waals surface area contributed by atoms with Crippen molar-refractivity contribution in [3.8, 4) is 0 Å². The SMILES string of the molecule is Cc1ccc(C)c(NC(=O)CC2(C)C(=O)C(=C=[N-])C(=O)N2c2ccc(Br)cc2)c1. The summed E-state index contributed by atoms with van der Waals surface area (Å²) in [7, 11) is 0. The Morgan fingerprint density at radius 1 is 1.17 bits per heavy atom. The van der Waals surface area contributed by atoms with Crippen LogP contribution in [0.1, 0.15) is 24.5 Å². The maximum absolute atomic E-state index is 12.9. The monoisotopic (exact) mass is 452 g/mol. The van der Waals surface area contributed by atoms with Gasteiger partial charge in [0.25, 0.3) is 5.91 Å². The van der Waals surface area contributed by atoms with Gasteiger partial charge in [-0.25, -0.2) is 0 Å². The first-order chi connectivity index (χ1) is 13.7. The van der Waals surface area contributed by atoms with Crippen molar-refractivity contribution in [2.45, 2.75) is 32.7 Å². The Morgan fingerprint density at radius 3 is 2.45 bits per heavy atom. The van der Waals surface area contributed by atoms with Crippen LogP contribution < -0.4 is 10.2 Å². The van der Waals surface area contributed by atoms with E-state index in [0.717, 1.165) is 15.6 Å². The van der Waals surface area contributed by atoms with E-state index in [0.29, 0.717) is 11.4 Å². The lowest BCUT2D eigenvalue weighted by atomic mass is 9.90. The summed E-state index contributed by atoms with van der Waals surface area (Å²) in [4.78, 5) is 39.8. The van der Waals surface area contributed by atoms with E-state index < -0.39 is 28.7 Å². The van der Waals surface area contributed by atoms with E-state index in [-0.39, 0.29) is 6.42 Å². The van der Waals surface area contributed by atoms with Gasteiger partial charge in [-0.05, 0) is 62.2 Å². The molecule has 0 aromatic heterocycles. The lowest BCUT2D eigenvalue weighted by Crippen LogP contribution is -2.49. The van der Waals surface area contributed by atoms with Crippen molar-refractivity contribution in [1.29, 1.82) is 0 Å². The maximum Gasteiger partial charge on any atom is 0.268 e. The van der Waals surface area contributed by atoms with Crippen LogP contribution in [0.5, 0.6) is 0 Å². The van der Waals surface area contributed by atoms with Gasteiger partial charge < -0.3 is 10.7 Å². The van der Waals surface area contributed by atoms with E-state index in [1.54, 1.807) is 30.1 Å². The molecule has 0 saturated carbocycles. The first-order valence-electron chi connectivity index (χ1n) is 8.96. The van der Waals surface area contributed by atoms with Crippen molar-refractivity contribution in [3.05, 3.63) is 69.0 Å². The standard InChI is InChI=1S/C22H19BrN3O3/c1-13-4-5-14(2)18(10-13)25-19(27)11-22(3)20(28)17(12-24)21(29)26(22)16-8-6-15(23)7-9-16/h4-10H,11H2,1-3H3,(H,25,27)/q-1. The molecule has 148 valence electrons. The third-order valence-corrected chi connectivity index (χ3v) is 5.52. The summed E-state index contributed by atoms with van der Waals surface area (Å²) in [5.74, 6) is -0.0508. The Morgan fingerprint density at radius 2 is 1.83 bits per heavy atom. The molecule has 6 nitrogen and oxygen atoms in total. The molecule has 29 heavy (non-hydrogen) atoms. The number of aryl methyl sites for hydroxylation is 2. The van der Waals surface area contributed by atoms with Crippen LogP contribution in [0.2, 0.25) is 0 Å². The normalized spacial score (nSPS) is 18.8. The molecule has 0 radical (unpaired) electrons. The molecule has 7 heteroatoms.